The molecule has 0 radical (unpaired) electrons. The van der Waals surface area contributed by atoms with Crippen LogP contribution in [0.1, 0.15) is 71.6 Å². The van der Waals surface area contributed by atoms with Gasteiger partial charge in [-0.3, -0.25) is 9.59 Å². The van der Waals surface area contributed by atoms with Crippen molar-refractivity contribution in [3.8, 4) is 0 Å². The van der Waals surface area contributed by atoms with Crippen molar-refractivity contribution in [1.29, 1.82) is 0 Å². The number of unbranched alkanes of at least 4 members (excludes halogenated alkanes) is 1. The summed E-state index contributed by atoms with van der Waals surface area (Å²) in [5.74, 6) is 0.847. The summed E-state index contributed by atoms with van der Waals surface area (Å²) in [7, 11) is 0. The summed E-state index contributed by atoms with van der Waals surface area (Å²) < 4.78 is 0. The summed E-state index contributed by atoms with van der Waals surface area (Å²) in [5.41, 5.74) is 0. The summed E-state index contributed by atoms with van der Waals surface area (Å²) in [6.45, 7) is 3.84. The second-order valence-electron chi connectivity index (χ2n) is 7.57. The zero-order valence-electron chi connectivity index (χ0n) is 16.4. The van der Waals surface area contributed by atoms with E-state index in [1.807, 2.05) is 6.08 Å². The lowest BCUT2D eigenvalue weighted by Gasteiger charge is -2.17. The van der Waals surface area contributed by atoms with E-state index in [1.165, 1.54) is 0 Å². The highest BCUT2D eigenvalue weighted by Gasteiger charge is 2.31. The lowest BCUT2D eigenvalue weighted by atomic mass is 9.90. The molecule has 148 valence electrons. The third-order valence-corrected chi connectivity index (χ3v) is 5.38. The van der Waals surface area contributed by atoms with Crippen LogP contribution in [0.2, 0.25) is 0 Å². The van der Waals surface area contributed by atoms with Crippen molar-refractivity contribution in [3.63, 3.8) is 0 Å². The van der Waals surface area contributed by atoms with Gasteiger partial charge in [0.15, 0.2) is 5.78 Å². The summed E-state index contributed by atoms with van der Waals surface area (Å²) >= 11 is 0. The second-order valence-corrected chi connectivity index (χ2v) is 7.57. The van der Waals surface area contributed by atoms with Gasteiger partial charge in [-0.05, 0) is 50.4 Å². The third kappa shape index (κ3) is 8.41. The van der Waals surface area contributed by atoms with Gasteiger partial charge in [0.1, 0.15) is 12.4 Å². The molecule has 0 aromatic heterocycles. The highest BCUT2D eigenvalue weighted by Crippen LogP contribution is 2.33. The lowest BCUT2D eigenvalue weighted by Crippen LogP contribution is -2.16. The predicted molar refractivity (Wildman–Crippen MR) is 105 cm³/mol. The Morgan fingerprint density at radius 3 is 2.77 bits per heavy atom. The number of allylic oxidation sites excluding steroid dienone is 3. The average Bonchev–Trinajstić information content (AvgIpc) is 2.97. The molecule has 4 nitrogen and oxygen atoms in total. The van der Waals surface area contributed by atoms with Gasteiger partial charge < -0.3 is 10.2 Å². The van der Waals surface area contributed by atoms with Crippen LogP contribution in [0.25, 0.3) is 0 Å². The molecule has 4 heteroatoms. The van der Waals surface area contributed by atoms with E-state index in [0.717, 1.165) is 38.5 Å². The monoisotopic (exact) mass is 364 g/mol. The quantitative estimate of drug-likeness (QED) is 0.382. The Labute approximate surface area is 158 Å². The maximum absolute atomic E-state index is 12.1. The number of aliphatic hydroxyl groups excluding tert-OH is 2. The van der Waals surface area contributed by atoms with E-state index in [2.05, 4.69) is 32.1 Å². The van der Waals surface area contributed by atoms with E-state index in [9.17, 15) is 14.7 Å². The molecule has 0 spiro atoms. The molecule has 1 fully saturated rings. The zero-order valence-corrected chi connectivity index (χ0v) is 16.4. The zero-order chi connectivity index (χ0) is 19.4. The molecular weight excluding hydrogens is 328 g/mol. The first-order chi connectivity index (χ1) is 12.5. The molecule has 0 heterocycles. The molecule has 2 unspecified atom stereocenters. The molecule has 0 aromatic rings. The molecule has 0 amide bonds. The number of ketones is 2. The van der Waals surface area contributed by atoms with Gasteiger partial charge in [-0.1, -0.05) is 44.6 Å². The summed E-state index contributed by atoms with van der Waals surface area (Å²) in [5, 5.41) is 18.8. The van der Waals surface area contributed by atoms with Crippen LogP contribution in [0.3, 0.4) is 0 Å². The molecule has 2 N–H and O–H groups in total. The number of hydrogen-bond acceptors (Lipinski definition) is 4. The Kier molecular flexibility index (Phi) is 11.4. The number of carbonyl (C=O) groups excluding carboxylic acids is 2. The number of Topliss-reactive ketones (excluding diaryl/α,β-unsaturated/α-hetero) is 2. The average molecular weight is 365 g/mol. The fourth-order valence-electron chi connectivity index (χ4n) is 3.60. The van der Waals surface area contributed by atoms with Gasteiger partial charge in [0.05, 0.1) is 6.10 Å². The van der Waals surface area contributed by atoms with E-state index >= 15 is 0 Å². The molecule has 1 rings (SSSR count). The van der Waals surface area contributed by atoms with Gasteiger partial charge >= 0.3 is 0 Å². The normalized spacial score (nSPS) is 23.2. The van der Waals surface area contributed by atoms with Crippen LogP contribution >= 0.6 is 0 Å². The second kappa shape index (κ2) is 13.0. The molecule has 0 aromatic carbocycles. The summed E-state index contributed by atoms with van der Waals surface area (Å²) in [4.78, 5) is 23.2. The van der Waals surface area contributed by atoms with Crippen LogP contribution in [0.15, 0.2) is 24.3 Å². The minimum atomic E-state index is -0.375. The molecule has 0 saturated heterocycles. The van der Waals surface area contributed by atoms with Crippen LogP contribution in [0.5, 0.6) is 0 Å². The fraction of sp³-hybridized carbons (Fsp3) is 0.727. The van der Waals surface area contributed by atoms with Gasteiger partial charge in [-0.2, -0.15) is 0 Å². The minimum Gasteiger partial charge on any atom is -0.393 e. The Morgan fingerprint density at radius 1 is 1.31 bits per heavy atom. The van der Waals surface area contributed by atoms with Crippen LogP contribution in [0, 0.1) is 17.8 Å². The van der Waals surface area contributed by atoms with Crippen molar-refractivity contribution in [3.05, 3.63) is 24.3 Å². The van der Waals surface area contributed by atoms with E-state index in [-0.39, 0.29) is 30.3 Å². The number of aliphatic hydroxyl groups is 2. The Hall–Kier alpha value is -1.26. The molecule has 1 aliphatic carbocycles. The highest BCUT2D eigenvalue weighted by atomic mass is 16.3. The van der Waals surface area contributed by atoms with Gasteiger partial charge in [0.2, 0.25) is 0 Å². The fourth-order valence-corrected chi connectivity index (χ4v) is 3.60. The topological polar surface area (TPSA) is 74.6 Å². The third-order valence-electron chi connectivity index (χ3n) is 5.38. The molecule has 1 saturated carbocycles. The lowest BCUT2D eigenvalue weighted by molar-refractivity contribution is -0.122. The van der Waals surface area contributed by atoms with E-state index in [0.29, 0.717) is 31.0 Å². The Morgan fingerprint density at radius 2 is 2.08 bits per heavy atom. The van der Waals surface area contributed by atoms with Crippen LogP contribution < -0.4 is 0 Å². The van der Waals surface area contributed by atoms with E-state index < -0.39 is 0 Å². The predicted octanol–water partition coefficient (Wildman–Crippen LogP) is 4.00. The van der Waals surface area contributed by atoms with Crippen molar-refractivity contribution >= 4 is 11.6 Å². The first-order valence-corrected chi connectivity index (χ1v) is 10.1. The van der Waals surface area contributed by atoms with Crippen molar-refractivity contribution in [1.82, 2.24) is 0 Å². The van der Waals surface area contributed by atoms with Crippen molar-refractivity contribution in [2.75, 3.05) is 6.61 Å². The highest BCUT2D eigenvalue weighted by molar-refractivity contribution is 5.83. The minimum absolute atomic E-state index is 0.0479. The summed E-state index contributed by atoms with van der Waals surface area (Å²) in [6, 6.07) is 0. The Bertz CT molecular complexity index is 481. The maximum Gasteiger partial charge on any atom is 0.158 e. The van der Waals surface area contributed by atoms with Gasteiger partial charge in [0.25, 0.3) is 0 Å². The Balaban J connectivity index is 2.38. The van der Waals surface area contributed by atoms with Gasteiger partial charge in [0, 0.05) is 18.8 Å². The van der Waals surface area contributed by atoms with Crippen molar-refractivity contribution in [2.24, 2.45) is 17.8 Å². The molecule has 26 heavy (non-hydrogen) atoms. The number of hydrogen-bond donors (Lipinski definition) is 2. The first kappa shape index (κ1) is 22.8. The standard InChI is InChI=1S/C22H36O4/c1-3-9-17(2)21(25)13-8-10-18-14-15-22(26)20(18)12-7-5-4-6-11-19(24)16-23/h5,7-8,10,17-18,20-21,23,25H,3-4,6,9,11-16H2,1-2H3/t17?,18-,20+,21?/m0/s1. The largest absolute Gasteiger partial charge is 0.393 e. The van der Waals surface area contributed by atoms with Gasteiger partial charge in [-0.15, -0.1) is 0 Å². The van der Waals surface area contributed by atoms with Gasteiger partial charge in [-0.25, -0.2) is 0 Å². The molecule has 0 bridgehead atoms. The van der Waals surface area contributed by atoms with E-state index in [1.54, 1.807) is 0 Å². The molecule has 1 aliphatic rings. The van der Waals surface area contributed by atoms with E-state index in [4.69, 9.17) is 5.11 Å². The first-order valence-electron chi connectivity index (χ1n) is 10.1. The molecule has 0 aliphatic heterocycles. The smallest absolute Gasteiger partial charge is 0.158 e. The summed E-state index contributed by atoms with van der Waals surface area (Å²) in [6.07, 6.45) is 15.0. The van der Waals surface area contributed by atoms with Crippen molar-refractivity contribution < 1.29 is 19.8 Å². The SMILES string of the molecule is CCCC(C)C(O)CC=C[C@H]1CCC(=O)[C@@H]1CC=CCCCC(=O)CO. The van der Waals surface area contributed by atoms with Crippen molar-refractivity contribution in [2.45, 2.75) is 77.7 Å². The maximum atomic E-state index is 12.1. The number of rotatable bonds is 13. The molecular formula is C22H36O4. The van der Waals surface area contributed by atoms with Crippen LogP contribution in [0.4, 0.5) is 0 Å². The van der Waals surface area contributed by atoms with Crippen LogP contribution in [-0.2, 0) is 9.59 Å². The number of carbonyl (C=O) groups is 2. The van der Waals surface area contributed by atoms with Crippen LogP contribution in [-0.4, -0.2) is 34.5 Å². The molecule has 4 atom stereocenters.